The van der Waals surface area contributed by atoms with Crippen LogP contribution in [0.1, 0.15) is 5.56 Å². The summed E-state index contributed by atoms with van der Waals surface area (Å²) in [4.78, 5) is 25.4. The summed E-state index contributed by atoms with van der Waals surface area (Å²) in [6, 6.07) is 20.5. The molecule has 1 aromatic heterocycles. The van der Waals surface area contributed by atoms with Crippen LogP contribution in [0.15, 0.2) is 77.6 Å². The van der Waals surface area contributed by atoms with Gasteiger partial charge in [-0.05, 0) is 42.0 Å². The third kappa shape index (κ3) is 4.00. The van der Waals surface area contributed by atoms with Crippen LogP contribution in [0.3, 0.4) is 0 Å². The first kappa shape index (κ1) is 19.6. The van der Waals surface area contributed by atoms with Gasteiger partial charge in [0.25, 0.3) is 0 Å². The highest BCUT2D eigenvalue weighted by molar-refractivity contribution is 5.94. The van der Waals surface area contributed by atoms with Gasteiger partial charge in [0.15, 0.2) is 5.43 Å². The molecule has 30 heavy (non-hydrogen) atoms. The van der Waals surface area contributed by atoms with Crippen molar-refractivity contribution >= 4 is 27.7 Å². The average Bonchev–Trinajstić information content (AvgIpc) is 2.75. The molecule has 5 nitrogen and oxygen atoms in total. The third-order valence-corrected chi connectivity index (χ3v) is 4.79. The average molecular weight is 408 g/mol. The third-order valence-electron chi connectivity index (χ3n) is 4.79. The minimum Gasteiger partial charge on any atom is -0.435 e. The van der Waals surface area contributed by atoms with Crippen LogP contribution in [0.5, 0.6) is 5.75 Å². The molecular formula is C23H18F2N2O3. The van der Waals surface area contributed by atoms with Gasteiger partial charge >= 0.3 is 6.61 Å². The fraction of sp³-hybridized carbons (Fsp3) is 0.130. The number of hydrogen-bond donors (Lipinski definition) is 1. The number of aromatic nitrogens is 1. The van der Waals surface area contributed by atoms with Crippen molar-refractivity contribution in [3.8, 4) is 5.75 Å². The van der Waals surface area contributed by atoms with Gasteiger partial charge < -0.3 is 14.6 Å². The molecular weight excluding hydrogens is 390 g/mol. The lowest BCUT2D eigenvalue weighted by atomic mass is 10.1. The van der Waals surface area contributed by atoms with Crippen LogP contribution in [0.4, 0.5) is 8.78 Å². The summed E-state index contributed by atoms with van der Waals surface area (Å²) in [7, 11) is 0. The Kier molecular flexibility index (Phi) is 5.43. The van der Waals surface area contributed by atoms with E-state index in [-0.39, 0.29) is 30.2 Å². The quantitative estimate of drug-likeness (QED) is 0.489. The summed E-state index contributed by atoms with van der Waals surface area (Å²) in [6.45, 7) is -2.74. The van der Waals surface area contributed by atoms with E-state index < -0.39 is 6.61 Å². The Labute approximate surface area is 170 Å². The Morgan fingerprint density at radius 2 is 1.57 bits per heavy atom. The van der Waals surface area contributed by atoms with Gasteiger partial charge in [-0.15, -0.1) is 0 Å². The van der Waals surface area contributed by atoms with E-state index in [9.17, 15) is 18.4 Å². The molecule has 0 atom stereocenters. The normalized spacial score (nSPS) is 11.2. The Morgan fingerprint density at radius 3 is 2.20 bits per heavy atom. The monoisotopic (exact) mass is 408 g/mol. The molecule has 0 saturated heterocycles. The molecule has 0 bridgehead atoms. The molecule has 1 heterocycles. The second-order valence-electron chi connectivity index (χ2n) is 6.75. The Bertz CT molecular complexity index is 1220. The fourth-order valence-corrected chi connectivity index (χ4v) is 3.48. The van der Waals surface area contributed by atoms with Crippen molar-refractivity contribution in [2.24, 2.45) is 0 Å². The number of halogens is 2. The van der Waals surface area contributed by atoms with Crippen molar-refractivity contribution in [1.82, 2.24) is 9.88 Å². The predicted molar refractivity (Wildman–Crippen MR) is 111 cm³/mol. The largest absolute Gasteiger partial charge is 0.435 e. The molecule has 7 heteroatoms. The topological polar surface area (TPSA) is 60.3 Å². The second kappa shape index (κ2) is 8.32. The summed E-state index contributed by atoms with van der Waals surface area (Å²) in [5.74, 6) is -0.233. The molecule has 152 valence electrons. The molecule has 4 rings (SSSR count). The van der Waals surface area contributed by atoms with Gasteiger partial charge in [-0.3, -0.25) is 9.59 Å². The zero-order valence-electron chi connectivity index (χ0n) is 15.8. The summed E-state index contributed by atoms with van der Waals surface area (Å²) >= 11 is 0. The number of para-hydroxylation sites is 2. The van der Waals surface area contributed by atoms with Gasteiger partial charge in [0.05, 0.1) is 11.0 Å². The first-order chi connectivity index (χ1) is 14.5. The molecule has 0 spiro atoms. The number of ether oxygens (including phenoxy) is 1. The van der Waals surface area contributed by atoms with Crippen LogP contribution in [0.2, 0.25) is 0 Å². The van der Waals surface area contributed by atoms with E-state index in [2.05, 4.69) is 10.1 Å². The van der Waals surface area contributed by atoms with Crippen molar-refractivity contribution < 1.29 is 18.3 Å². The number of fused-ring (bicyclic) bond motifs is 2. The molecule has 0 radical (unpaired) electrons. The molecule has 0 aliphatic rings. The molecule has 4 aromatic rings. The van der Waals surface area contributed by atoms with E-state index in [1.807, 2.05) is 24.3 Å². The maximum atomic E-state index is 12.8. The number of benzene rings is 3. The number of carbonyl (C=O) groups excluding carboxylic acids is 1. The molecule has 0 aliphatic carbocycles. The van der Waals surface area contributed by atoms with E-state index in [4.69, 9.17) is 0 Å². The number of nitrogens with one attached hydrogen (secondary N) is 1. The van der Waals surface area contributed by atoms with E-state index >= 15 is 0 Å². The van der Waals surface area contributed by atoms with Crippen LogP contribution in [0, 0.1) is 0 Å². The number of pyridine rings is 1. The molecule has 3 aromatic carbocycles. The maximum absolute atomic E-state index is 12.8. The lowest BCUT2D eigenvalue weighted by Gasteiger charge is -2.15. The van der Waals surface area contributed by atoms with Gasteiger partial charge in [0.2, 0.25) is 5.91 Å². The van der Waals surface area contributed by atoms with Crippen molar-refractivity contribution in [1.29, 1.82) is 0 Å². The van der Waals surface area contributed by atoms with Gasteiger partial charge in [-0.1, -0.05) is 36.4 Å². The lowest BCUT2D eigenvalue weighted by Crippen LogP contribution is -2.28. The maximum Gasteiger partial charge on any atom is 0.387 e. The van der Waals surface area contributed by atoms with Crippen LogP contribution in [0.25, 0.3) is 21.8 Å². The van der Waals surface area contributed by atoms with Crippen LogP contribution < -0.4 is 15.5 Å². The lowest BCUT2D eigenvalue weighted by molar-refractivity contribution is -0.121. The Morgan fingerprint density at radius 1 is 0.933 bits per heavy atom. The zero-order valence-corrected chi connectivity index (χ0v) is 15.8. The summed E-state index contributed by atoms with van der Waals surface area (Å²) in [6.07, 6.45) is 0. The van der Waals surface area contributed by atoms with Crippen molar-refractivity contribution in [2.75, 3.05) is 0 Å². The first-order valence-corrected chi connectivity index (χ1v) is 9.33. The van der Waals surface area contributed by atoms with Gasteiger partial charge in [0, 0.05) is 17.3 Å². The first-order valence-electron chi connectivity index (χ1n) is 9.33. The number of rotatable bonds is 6. The number of carbonyl (C=O) groups is 1. The van der Waals surface area contributed by atoms with Crippen LogP contribution in [-0.2, 0) is 17.9 Å². The summed E-state index contributed by atoms with van der Waals surface area (Å²) in [5, 5.41) is 3.88. The molecule has 0 unspecified atom stereocenters. The van der Waals surface area contributed by atoms with Crippen molar-refractivity contribution in [3.63, 3.8) is 0 Å². The smallest absolute Gasteiger partial charge is 0.387 e. The fourth-order valence-electron chi connectivity index (χ4n) is 3.48. The highest BCUT2D eigenvalue weighted by Crippen LogP contribution is 2.19. The minimum absolute atomic E-state index is 0.00846. The number of alkyl halides is 2. The molecule has 1 amide bonds. The van der Waals surface area contributed by atoms with Crippen LogP contribution >= 0.6 is 0 Å². The van der Waals surface area contributed by atoms with Gasteiger partial charge in [0.1, 0.15) is 12.3 Å². The number of hydrogen-bond acceptors (Lipinski definition) is 3. The van der Waals surface area contributed by atoms with Crippen molar-refractivity contribution in [2.45, 2.75) is 19.7 Å². The molecule has 0 fully saturated rings. The van der Waals surface area contributed by atoms with E-state index in [0.29, 0.717) is 27.4 Å². The standard InChI is InChI=1S/C23H18F2N2O3/c24-23(25)30-16-7-5-6-15(12-16)13-26-21(28)14-27-19-10-3-1-8-17(19)22(29)18-9-2-4-11-20(18)27/h1-12,23H,13-14H2,(H,26,28). The number of amides is 1. The Hall–Kier alpha value is -3.74. The van der Waals surface area contributed by atoms with Crippen molar-refractivity contribution in [3.05, 3.63) is 88.6 Å². The van der Waals surface area contributed by atoms with Crippen LogP contribution in [-0.4, -0.2) is 17.1 Å². The number of nitrogens with zero attached hydrogens (tertiary/aromatic N) is 1. The summed E-state index contributed by atoms with van der Waals surface area (Å²) < 4.78 is 30.9. The van der Waals surface area contributed by atoms with Gasteiger partial charge in [-0.25, -0.2) is 0 Å². The van der Waals surface area contributed by atoms with E-state index in [0.717, 1.165) is 0 Å². The van der Waals surface area contributed by atoms with Gasteiger partial charge in [-0.2, -0.15) is 8.78 Å². The molecule has 0 saturated carbocycles. The predicted octanol–water partition coefficient (Wildman–Crippen LogP) is 4.07. The second-order valence-corrected chi connectivity index (χ2v) is 6.75. The minimum atomic E-state index is -2.91. The highest BCUT2D eigenvalue weighted by atomic mass is 19.3. The molecule has 1 N–H and O–H groups in total. The van der Waals surface area contributed by atoms with E-state index in [1.54, 1.807) is 41.0 Å². The SMILES string of the molecule is O=C(Cn1c2ccccc2c(=O)c2ccccc21)NCc1cccc(OC(F)F)c1. The molecule has 0 aliphatic heterocycles. The Balaban J connectivity index is 1.59. The van der Waals surface area contributed by atoms with E-state index in [1.165, 1.54) is 12.1 Å². The summed E-state index contributed by atoms with van der Waals surface area (Å²) in [5.41, 5.74) is 1.90. The zero-order chi connectivity index (χ0) is 21.1. The highest BCUT2D eigenvalue weighted by Gasteiger charge is 2.13.